The van der Waals surface area contributed by atoms with E-state index in [0.717, 1.165) is 39.3 Å². The standard InChI is InChI=1S/C24H34Cl2N2.ClH/c25-15-19-27(21-23-11-5-3-6-12-23)17-9-1-2-10-18-28(20-16-26)22-24-13-7-4-8-14-24;/h3-8,11-14H,1-2,9-10,15-22H2;1H. The first-order chi connectivity index (χ1) is 13.8. The van der Waals surface area contributed by atoms with Crippen LogP contribution in [-0.4, -0.2) is 47.7 Å². The van der Waals surface area contributed by atoms with Gasteiger partial charge in [0.05, 0.1) is 0 Å². The van der Waals surface area contributed by atoms with Crippen molar-refractivity contribution in [3.63, 3.8) is 0 Å². The van der Waals surface area contributed by atoms with Gasteiger partial charge in [-0.25, -0.2) is 0 Å². The predicted molar refractivity (Wildman–Crippen MR) is 131 cm³/mol. The highest BCUT2D eigenvalue weighted by Gasteiger charge is 2.07. The fourth-order valence-corrected chi connectivity index (χ4v) is 3.96. The van der Waals surface area contributed by atoms with E-state index in [4.69, 9.17) is 23.2 Å². The van der Waals surface area contributed by atoms with Crippen molar-refractivity contribution in [2.45, 2.75) is 38.8 Å². The highest BCUT2D eigenvalue weighted by Crippen LogP contribution is 2.10. The zero-order valence-corrected chi connectivity index (χ0v) is 19.6. The molecule has 0 aliphatic heterocycles. The first-order valence-corrected chi connectivity index (χ1v) is 11.5. The van der Waals surface area contributed by atoms with Crippen molar-refractivity contribution in [1.82, 2.24) is 9.80 Å². The summed E-state index contributed by atoms with van der Waals surface area (Å²) < 4.78 is 0. The van der Waals surface area contributed by atoms with E-state index < -0.39 is 0 Å². The van der Waals surface area contributed by atoms with Crippen molar-refractivity contribution in [1.29, 1.82) is 0 Å². The second-order valence-corrected chi connectivity index (χ2v) is 8.07. The van der Waals surface area contributed by atoms with Gasteiger partial charge in [-0.05, 0) is 37.1 Å². The summed E-state index contributed by atoms with van der Waals surface area (Å²) in [5.74, 6) is 1.39. The molecule has 0 saturated heterocycles. The van der Waals surface area contributed by atoms with E-state index in [9.17, 15) is 0 Å². The predicted octanol–water partition coefficient (Wildman–Crippen LogP) is 6.45. The Morgan fingerprint density at radius 2 is 0.897 bits per heavy atom. The number of halogens is 3. The number of unbranched alkanes of at least 4 members (excludes halogenated alkanes) is 3. The third-order valence-electron chi connectivity index (χ3n) is 5.00. The number of hydrogen-bond donors (Lipinski definition) is 0. The maximum Gasteiger partial charge on any atom is 0.0351 e. The van der Waals surface area contributed by atoms with Crippen LogP contribution in [0.1, 0.15) is 36.8 Å². The van der Waals surface area contributed by atoms with Crippen molar-refractivity contribution in [2.75, 3.05) is 37.9 Å². The van der Waals surface area contributed by atoms with Crippen molar-refractivity contribution in [2.24, 2.45) is 0 Å². The van der Waals surface area contributed by atoms with Crippen molar-refractivity contribution in [3.05, 3.63) is 71.8 Å². The van der Waals surface area contributed by atoms with Crippen LogP contribution < -0.4 is 0 Å². The van der Waals surface area contributed by atoms with E-state index in [0.29, 0.717) is 11.8 Å². The zero-order valence-electron chi connectivity index (χ0n) is 17.3. The molecule has 0 fully saturated rings. The third-order valence-corrected chi connectivity index (χ3v) is 5.34. The normalized spacial score (nSPS) is 11.0. The summed E-state index contributed by atoms with van der Waals surface area (Å²) in [6.45, 7) is 6.14. The summed E-state index contributed by atoms with van der Waals surface area (Å²) in [7, 11) is 0. The second kappa shape index (κ2) is 17.0. The Balaban J connectivity index is 0.00000420. The Morgan fingerprint density at radius 3 is 1.24 bits per heavy atom. The molecule has 0 aliphatic carbocycles. The quantitative estimate of drug-likeness (QED) is 0.224. The first-order valence-electron chi connectivity index (χ1n) is 10.5. The summed E-state index contributed by atoms with van der Waals surface area (Å²) in [5.41, 5.74) is 2.73. The fourth-order valence-electron chi connectivity index (χ4n) is 3.49. The van der Waals surface area contributed by atoms with Gasteiger partial charge in [-0.15, -0.1) is 35.6 Å². The molecule has 0 saturated carbocycles. The van der Waals surface area contributed by atoms with Gasteiger partial charge in [-0.2, -0.15) is 0 Å². The van der Waals surface area contributed by atoms with Gasteiger partial charge in [0.25, 0.3) is 0 Å². The largest absolute Gasteiger partial charge is 0.298 e. The van der Waals surface area contributed by atoms with E-state index >= 15 is 0 Å². The first kappa shape index (κ1) is 26.3. The Morgan fingerprint density at radius 1 is 0.517 bits per heavy atom. The molecular formula is C24H35Cl3N2. The Kier molecular flexibility index (Phi) is 15.4. The molecule has 29 heavy (non-hydrogen) atoms. The van der Waals surface area contributed by atoms with Crippen LogP contribution in [0.3, 0.4) is 0 Å². The highest BCUT2D eigenvalue weighted by molar-refractivity contribution is 6.18. The third kappa shape index (κ3) is 11.9. The van der Waals surface area contributed by atoms with Crippen LogP contribution in [0, 0.1) is 0 Å². The minimum Gasteiger partial charge on any atom is -0.298 e. The topological polar surface area (TPSA) is 6.48 Å². The fraction of sp³-hybridized carbons (Fsp3) is 0.500. The average Bonchev–Trinajstić information content (AvgIpc) is 2.72. The number of rotatable bonds is 15. The molecule has 2 aromatic carbocycles. The molecule has 2 aromatic rings. The van der Waals surface area contributed by atoms with E-state index in [1.165, 1.54) is 36.8 Å². The number of hydrogen-bond acceptors (Lipinski definition) is 2. The van der Waals surface area contributed by atoms with Gasteiger partial charge in [0, 0.05) is 37.9 Å². The van der Waals surface area contributed by atoms with Crippen molar-refractivity contribution in [3.8, 4) is 0 Å². The van der Waals surface area contributed by atoms with Crippen LogP contribution in [0.2, 0.25) is 0 Å². The maximum absolute atomic E-state index is 6.00. The van der Waals surface area contributed by atoms with Gasteiger partial charge >= 0.3 is 0 Å². The molecule has 0 atom stereocenters. The van der Waals surface area contributed by atoms with Crippen molar-refractivity contribution < 1.29 is 0 Å². The average molecular weight is 458 g/mol. The zero-order chi connectivity index (χ0) is 19.9. The Labute approximate surface area is 193 Å². The SMILES string of the molecule is Cl.ClCCN(CCCCCCN(CCCl)Cc1ccccc1)Cc1ccccc1. The summed E-state index contributed by atoms with van der Waals surface area (Å²) in [5, 5.41) is 0. The molecule has 0 unspecified atom stereocenters. The summed E-state index contributed by atoms with van der Waals surface area (Å²) >= 11 is 12.0. The van der Waals surface area contributed by atoms with Gasteiger partial charge in [-0.1, -0.05) is 73.5 Å². The Hall–Kier alpha value is -0.770. The molecule has 2 nitrogen and oxygen atoms in total. The lowest BCUT2D eigenvalue weighted by atomic mass is 10.1. The van der Waals surface area contributed by atoms with Crippen LogP contribution in [0.25, 0.3) is 0 Å². The maximum atomic E-state index is 6.00. The Bertz CT molecular complexity index is 555. The molecule has 0 spiro atoms. The van der Waals surface area contributed by atoms with Gasteiger partial charge < -0.3 is 0 Å². The lowest BCUT2D eigenvalue weighted by Crippen LogP contribution is -2.27. The highest BCUT2D eigenvalue weighted by atomic mass is 35.5. The molecule has 0 bridgehead atoms. The summed E-state index contributed by atoms with van der Waals surface area (Å²) in [6.07, 6.45) is 5.01. The molecule has 5 heteroatoms. The number of benzene rings is 2. The van der Waals surface area contributed by atoms with E-state index in [1.807, 2.05) is 0 Å². The van der Waals surface area contributed by atoms with E-state index in [2.05, 4.69) is 70.5 Å². The van der Waals surface area contributed by atoms with Crippen molar-refractivity contribution >= 4 is 35.6 Å². The summed E-state index contributed by atoms with van der Waals surface area (Å²) in [6, 6.07) is 21.3. The van der Waals surface area contributed by atoms with Gasteiger partial charge in [0.2, 0.25) is 0 Å². The number of alkyl halides is 2. The lowest BCUT2D eigenvalue weighted by Gasteiger charge is -2.22. The molecular weight excluding hydrogens is 423 g/mol. The van der Waals surface area contributed by atoms with Gasteiger partial charge in [0.15, 0.2) is 0 Å². The molecule has 2 rings (SSSR count). The van der Waals surface area contributed by atoms with E-state index in [1.54, 1.807) is 0 Å². The molecule has 0 heterocycles. The van der Waals surface area contributed by atoms with Crippen LogP contribution in [0.5, 0.6) is 0 Å². The lowest BCUT2D eigenvalue weighted by molar-refractivity contribution is 0.262. The molecule has 0 aliphatic rings. The molecule has 0 N–H and O–H groups in total. The number of nitrogens with zero attached hydrogens (tertiary/aromatic N) is 2. The summed E-state index contributed by atoms with van der Waals surface area (Å²) in [4.78, 5) is 4.94. The minimum absolute atomic E-state index is 0. The second-order valence-electron chi connectivity index (χ2n) is 7.32. The molecule has 0 radical (unpaired) electrons. The monoisotopic (exact) mass is 456 g/mol. The van der Waals surface area contributed by atoms with E-state index in [-0.39, 0.29) is 12.4 Å². The van der Waals surface area contributed by atoms with Crippen LogP contribution in [0.4, 0.5) is 0 Å². The van der Waals surface area contributed by atoms with Crippen LogP contribution in [-0.2, 0) is 13.1 Å². The van der Waals surface area contributed by atoms with Crippen LogP contribution >= 0.6 is 35.6 Å². The molecule has 0 amide bonds. The smallest absolute Gasteiger partial charge is 0.0351 e. The molecule has 162 valence electrons. The van der Waals surface area contributed by atoms with Gasteiger partial charge in [0.1, 0.15) is 0 Å². The van der Waals surface area contributed by atoms with Gasteiger partial charge in [-0.3, -0.25) is 9.80 Å². The van der Waals surface area contributed by atoms with Crippen LogP contribution in [0.15, 0.2) is 60.7 Å². The molecule has 0 aromatic heterocycles. The minimum atomic E-state index is 0.